The fraction of sp³-hybridized carbons (Fsp3) is 0.348. The minimum Gasteiger partial charge on any atom is -0.463 e. The third kappa shape index (κ3) is 5.11. The number of nitrogens with one attached hydrogen (secondary N) is 2. The van der Waals surface area contributed by atoms with Crippen LogP contribution in [0.25, 0.3) is 0 Å². The summed E-state index contributed by atoms with van der Waals surface area (Å²) in [6.07, 6.45) is 2.21. The lowest BCUT2D eigenvalue weighted by Gasteiger charge is -2.29. The molecule has 0 bridgehead atoms. The zero-order valence-corrected chi connectivity index (χ0v) is 18.2. The van der Waals surface area contributed by atoms with Crippen LogP contribution in [0.3, 0.4) is 0 Å². The minimum absolute atomic E-state index is 0.0381. The highest BCUT2D eigenvalue weighted by molar-refractivity contribution is 5.95. The molecule has 10 nitrogen and oxygen atoms in total. The Morgan fingerprint density at radius 1 is 1.03 bits per heavy atom. The molecule has 1 aromatic heterocycles. The number of rotatable bonds is 7. The van der Waals surface area contributed by atoms with Gasteiger partial charge in [-0.3, -0.25) is 0 Å². The van der Waals surface area contributed by atoms with E-state index in [2.05, 4.69) is 25.7 Å². The Bertz CT molecular complexity index is 1050. The molecule has 33 heavy (non-hydrogen) atoms. The molecule has 1 fully saturated rings. The lowest BCUT2D eigenvalue weighted by molar-refractivity contribution is -0.139. The largest absolute Gasteiger partial charge is 0.463 e. The fourth-order valence-electron chi connectivity index (χ4n) is 3.84. The van der Waals surface area contributed by atoms with Crippen LogP contribution in [0.5, 0.6) is 0 Å². The van der Waals surface area contributed by atoms with Gasteiger partial charge in [-0.1, -0.05) is 30.3 Å². The second-order valence-electron chi connectivity index (χ2n) is 7.60. The standard InChI is InChI=1S/C23H25N5O5/c1-2-32-22(30)19-17(24-23(31)25-20(19)15-8-4-3-5-9-15)14-33-21(29)16-10-11-18(27-26-16)28-12-6-7-13-28/h3-5,8-11,20H,2,6-7,12-14H2,1H3,(H2,24,25,31). The van der Waals surface area contributed by atoms with Crippen LogP contribution in [-0.4, -0.2) is 54.5 Å². The summed E-state index contributed by atoms with van der Waals surface area (Å²) in [7, 11) is 0. The van der Waals surface area contributed by atoms with Gasteiger partial charge >= 0.3 is 18.0 Å². The molecule has 1 atom stereocenters. The summed E-state index contributed by atoms with van der Waals surface area (Å²) >= 11 is 0. The molecule has 3 heterocycles. The third-order valence-corrected chi connectivity index (χ3v) is 5.42. The Morgan fingerprint density at radius 2 is 1.79 bits per heavy atom. The lowest BCUT2D eigenvalue weighted by Crippen LogP contribution is -2.47. The quantitative estimate of drug-likeness (QED) is 0.614. The highest BCUT2D eigenvalue weighted by Crippen LogP contribution is 2.28. The summed E-state index contributed by atoms with van der Waals surface area (Å²) in [5.41, 5.74) is 1.06. The molecule has 2 aliphatic rings. The van der Waals surface area contributed by atoms with Gasteiger partial charge in [-0.25, -0.2) is 14.4 Å². The first-order valence-electron chi connectivity index (χ1n) is 10.8. The van der Waals surface area contributed by atoms with E-state index in [1.807, 2.05) is 6.07 Å². The number of nitrogens with zero attached hydrogens (tertiary/aromatic N) is 3. The number of aromatic nitrogens is 2. The molecular formula is C23H25N5O5. The van der Waals surface area contributed by atoms with Gasteiger partial charge in [-0.2, -0.15) is 0 Å². The highest BCUT2D eigenvalue weighted by Gasteiger charge is 2.34. The summed E-state index contributed by atoms with van der Waals surface area (Å²) in [5.74, 6) is -0.609. The molecule has 0 spiro atoms. The van der Waals surface area contributed by atoms with Crippen LogP contribution in [0.1, 0.15) is 41.9 Å². The van der Waals surface area contributed by atoms with Crippen molar-refractivity contribution in [1.82, 2.24) is 20.8 Å². The van der Waals surface area contributed by atoms with Gasteiger partial charge < -0.3 is 25.0 Å². The van der Waals surface area contributed by atoms with Gasteiger partial charge in [0.15, 0.2) is 11.5 Å². The molecule has 10 heteroatoms. The van der Waals surface area contributed by atoms with Crippen molar-refractivity contribution in [1.29, 1.82) is 0 Å². The number of amides is 2. The normalized spacial score (nSPS) is 17.9. The summed E-state index contributed by atoms with van der Waals surface area (Å²) in [6.45, 7) is 3.34. The van der Waals surface area contributed by atoms with Crippen molar-refractivity contribution in [3.8, 4) is 0 Å². The Labute approximate surface area is 191 Å². The van der Waals surface area contributed by atoms with Crippen molar-refractivity contribution >= 4 is 23.8 Å². The SMILES string of the molecule is CCOC(=O)C1=C(COC(=O)c2ccc(N3CCCC3)nn2)NC(=O)NC1c1ccccc1. The zero-order valence-electron chi connectivity index (χ0n) is 18.2. The number of benzene rings is 1. The summed E-state index contributed by atoms with van der Waals surface area (Å²) in [4.78, 5) is 39.7. The maximum atomic E-state index is 12.7. The number of carbonyl (C=O) groups excluding carboxylic acids is 3. The van der Waals surface area contributed by atoms with Gasteiger partial charge in [-0.15, -0.1) is 10.2 Å². The highest BCUT2D eigenvalue weighted by atomic mass is 16.5. The van der Waals surface area contributed by atoms with Crippen LogP contribution in [0, 0.1) is 0 Å². The molecule has 0 saturated carbocycles. The maximum Gasteiger partial charge on any atom is 0.359 e. The number of esters is 2. The Morgan fingerprint density at radius 3 is 2.45 bits per heavy atom. The Kier molecular flexibility index (Phi) is 6.82. The first kappa shape index (κ1) is 22.3. The van der Waals surface area contributed by atoms with E-state index in [0.717, 1.165) is 25.9 Å². The monoisotopic (exact) mass is 451 g/mol. The van der Waals surface area contributed by atoms with Crippen molar-refractivity contribution < 1.29 is 23.9 Å². The van der Waals surface area contributed by atoms with Crippen molar-refractivity contribution in [3.05, 3.63) is 65.0 Å². The number of anilines is 1. The van der Waals surface area contributed by atoms with Gasteiger partial charge in [0.2, 0.25) is 0 Å². The van der Waals surface area contributed by atoms with Crippen LogP contribution < -0.4 is 15.5 Å². The van der Waals surface area contributed by atoms with Gasteiger partial charge in [0.05, 0.1) is 23.9 Å². The maximum absolute atomic E-state index is 12.7. The second kappa shape index (κ2) is 10.1. The lowest BCUT2D eigenvalue weighted by atomic mass is 9.95. The van der Waals surface area contributed by atoms with Crippen LogP contribution in [0.4, 0.5) is 10.6 Å². The Balaban J connectivity index is 1.53. The summed E-state index contributed by atoms with van der Waals surface area (Å²) in [6, 6.07) is 11.0. The fourth-order valence-corrected chi connectivity index (χ4v) is 3.84. The van der Waals surface area contributed by atoms with Crippen molar-refractivity contribution in [3.63, 3.8) is 0 Å². The van der Waals surface area contributed by atoms with Crippen LogP contribution in [-0.2, 0) is 14.3 Å². The van der Waals surface area contributed by atoms with Crippen LogP contribution >= 0.6 is 0 Å². The van der Waals surface area contributed by atoms with Crippen molar-refractivity contribution in [2.75, 3.05) is 31.2 Å². The molecule has 2 aliphatic heterocycles. The number of carbonyl (C=O) groups is 3. The summed E-state index contributed by atoms with van der Waals surface area (Å²) < 4.78 is 10.6. The predicted molar refractivity (Wildman–Crippen MR) is 118 cm³/mol. The molecule has 1 aromatic carbocycles. The van der Waals surface area contributed by atoms with Gasteiger partial charge in [-0.05, 0) is 37.5 Å². The average molecular weight is 451 g/mol. The number of ether oxygens (including phenoxy) is 2. The average Bonchev–Trinajstić information content (AvgIpc) is 3.38. The molecule has 172 valence electrons. The number of hydrogen-bond acceptors (Lipinski definition) is 8. The van der Waals surface area contributed by atoms with Crippen LogP contribution in [0.2, 0.25) is 0 Å². The molecule has 2 aromatic rings. The molecule has 0 aliphatic carbocycles. The number of hydrogen-bond donors (Lipinski definition) is 2. The molecular weight excluding hydrogens is 426 g/mol. The molecule has 2 amide bonds. The molecule has 2 N–H and O–H groups in total. The van der Waals surface area contributed by atoms with E-state index in [1.165, 1.54) is 0 Å². The first-order chi connectivity index (χ1) is 16.1. The first-order valence-corrected chi connectivity index (χ1v) is 10.8. The van der Waals surface area contributed by atoms with E-state index < -0.39 is 24.0 Å². The van der Waals surface area contributed by atoms with Crippen molar-refractivity contribution in [2.24, 2.45) is 0 Å². The van der Waals surface area contributed by atoms with E-state index in [9.17, 15) is 14.4 Å². The van der Waals surface area contributed by atoms with Gasteiger partial charge in [0.25, 0.3) is 0 Å². The van der Waals surface area contributed by atoms with Gasteiger partial charge in [0, 0.05) is 13.1 Å². The van der Waals surface area contributed by atoms with E-state index in [-0.39, 0.29) is 30.2 Å². The smallest absolute Gasteiger partial charge is 0.359 e. The number of urea groups is 1. The molecule has 1 unspecified atom stereocenters. The molecule has 4 rings (SSSR count). The van der Waals surface area contributed by atoms with Crippen LogP contribution in [0.15, 0.2) is 53.7 Å². The topological polar surface area (TPSA) is 123 Å². The van der Waals surface area contributed by atoms with Crippen molar-refractivity contribution in [2.45, 2.75) is 25.8 Å². The molecule has 1 saturated heterocycles. The van der Waals surface area contributed by atoms with E-state index >= 15 is 0 Å². The van der Waals surface area contributed by atoms with E-state index in [4.69, 9.17) is 9.47 Å². The molecule has 0 radical (unpaired) electrons. The zero-order chi connectivity index (χ0) is 23.2. The minimum atomic E-state index is -0.743. The predicted octanol–water partition coefficient (Wildman–Crippen LogP) is 2.10. The summed E-state index contributed by atoms with van der Waals surface area (Å²) in [5, 5.41) is 13.4. The van der Waals surface area contributed by atoms with E-state index in [1.54, 1.807) is 43.3 Å². The Hall–Kier alpha value is -3.95. The van der Waals surface area contributed by atoms with Gasteiger partial charge in [0.1, 0.15) is 6.61 Å². The third-order valence-electron chi connectivity index (χ3n) is 5.42. The van der Waals surface area contributed by atoms with E-state index in [0.29, 0.717) is 11.4 Å². The second-order valence-corrected chi connectivity index (χ2v) is 7.60.